The number of fused-ring (bicyclic) bond motifs is 1. The number of carbonyl (C=O) groups is 4. The molecule has 2 aliphatic carbocycles. The van der Waals surface area contributed by atoms with Crippen molar-refractivity contribution in [1.29, 1.82) is 0 Å². The van der Waals surface area contributed by atoms with Gasteiger partial charge in [0.1, 0.15) is 0 Å². The largest absolute Gasteiger partial charge is 0.452 e. The fourth-order valence-electron chi connectivity index (χ4n) is 3.51. The lowest BCUT2D eigenvalue weighted by molar-refractivity contribution is -0.155. The van der Waals surface area contributed by atoms with E-state index >= 15 is 0 Å². The highest BCUT2D eigenvalue weighted by atomic mass is 16.5. The Morgan fingerprint density at radius 1 is 1.12 bits per heavy atom. The summed E-state index contributed by atoms with van der Waals surface area (Å²) in [7, 11) is 0. The first-order chi connectivity index (χ1) is 11.5. The standard InChI is InChI=1S/C17H24N2O5/c1-10(15(21)18-11-6-7-11)24-14(20)8-9-19-16(22)12-4-2-3-5-13(12)17(19)23/h10-13H,2-9H2,1H3,(H,18,21)/t10-,12+,13+/m1/s1. The molecule has 132 valence electrons. The van der Waals surface area contributed by atoms with E-state index in [1.54, 1.807) is 0 Å². The van der Waals surface area contributed by atoms with Crippen molar-refractivity contribution in [3.63, 3.8) is 0 Å². The van der Waals surface area contributed by atoms with Crippen molar-refractivity contribution in [3.8, 4) is 0 Å². The van der Waals surface area contributed by atoms with E-state index in [0.717, 1.165) is 38.5 Å². The molecule has 1 N–H and O–H groups in total. The maximum Gasteiger partial charge on any atom is 0.308 e. The number of imide groups is 1. The Kier molecular flexibility index (Phi) is 4.87. The van der Waals surface area contributed by atoms with Crippen molar-refractivity contribution in [1.82, 2.24) is 10.2 Å². The number of hydrogen-bond donors (Lipinski definition) is 1. The maximum absolute atomic E-state index is 12.3. The third kappa shape index (κ3) is 3.60. The SMILES string of the molecule is C[C@@H](OC(=O)CCN1C(=O)[C@H]2CCCC[C@@H]2C1=O)C(=O)NC1CC1. The van der Waals surface area contributed by atoms with E-state index in [1.165, 1.54) is 11.8 Å². The molecule has 1 aliphatic heterocycles. The van der Waals surface area contributed by atoms with E-state index in [9.17, 15) is 19.2 Å². The molecule has 24 heavy (non-hydrogen) atoms. The van der Waals surface area contributed by atoms with Gasteiger partial charge in [-0.25, -0.2) is 0 Å². The Labute approximate surface area is 141 Å². The summed E-state index contributed by atoms with van der Waals surface area (Å²) in [6, 6.07) is 0.210. The van der Waals surface area contributed by atoms with Crippen LogP contribution in [0.3, 0.4) is 0 Å². The smallest absolute Gasteiger partial charge is 0.308 e. The van der Waals surface area contributed by atoms with E-state index in [4.69, 9.17) is 4.74 Å². The molecule has 0 aromatic carbocycles. The highest BCUT2D eigenvalue weighted by Crippen LogP contribution is 2.37. The van der Waals surface area contributed by atoms with Crippen LogP contribution in [0.4, 0.5) is 0 Å². The Morgan fingerprint density at radius 3 is 2.25 bits per heavy atom. The molecule has 0 bridgehead atoms. The minimum absolute atomic E-state index is 0.0421. The molecular weight excluding hydrogens is 312 g/mol. The number of ether oxygens (including phenoxy) is 1. The third-order valence-corrected chi connectivity index (χ3v) is 5.07. The Hall–Kier alpha value is -1.92. The van der Waals surface area contributed by atoms with Gasteiger partial charge in [-0.05, 0) is 32.6 Å². The predicted molar refractivity (Wildman–Crippen MR) is 83.5 cm³/mol. The molecule has 0 radical (unpaired) electrons. The van der Waals surface area contributed by atoms with E-state index in [2.05, 4.69) is 5.32 Å². The summed E-state index contributed by atoms with van der Waals surface area (Å²) in [4.78, 5) is 49.5. The average Bonchev–Trinajstić information content (AvgIpc) is 3.34. The molecule has 7 heteroatoms. The quantitative estimate of drug-likeness (QED) is 0.571. The molecule has 3 rings (SSSR count). The van der Waals surface area contributed by atoms with Gasteiger partial charge in [-0.15, -0.1) is 0 Å². The number of likely N-dealkylation sites (tertiary alicyclic amines) is 1. The fraction of sp³-hybridized carbons (Fsp3) is 0.765. The van der Waals surface area contributed by atoms with Gasteiger partial charge in [0.05, 0.1) is 18.3 Å². The number of hydrogen-bond acceptors (Lipinski definition) is 5. The average molecular weight is 336 g/mol. The van der Waals surface area contributed by atoms with Crippen molar-refractivity contribution in [2.75, 3.05) is 6.54 Å². The first-order valence-electron chi connectivity index (χ1n) is 8.82. The minimum atomic E-state index is -0.856. The van der Waals surface area contributed by atoms with Crippen LogP contribution in [0.1, 0.15) is 51.9 Å². The molecule has 3 atom stereocenters. The Morgan fingerprint density at radius 2 is 1.71 bits per heavy atom. The summed E-state index contributed by atoms with van der Waals surface area (Å²) < 4.78 is 5.09. The van der Waals surface area contributed by atoms with Gasteiger partial charge in [0.15, 0.2) is 6.10 Å². The summed E-state index contributed by atoms with van der Waals surface area (Å²) in [6.45, 7) is 1.57. The zero-order chi connectivity index (χ0) is 17.3. The normalized spacial score (nSPS) is 27.6. The number of nitrogens with zero attached hydrogens (tertiary/aromatic N) is 1. The summed E-state index contributed by atoms with van der Waals surface area (Å²) in [5.74, 6) is -1.58. The summed E-state index contributed by atoms with van der Waals surface area (Å²) >= 11 is 0. The first kappa shape index (κ1) is 16.9. The summed E-state index contributed by atoms with van der Waals surface area (Å²) in [5.41, 5.74) is 0. The molecule has 1 saturated heterocycles. The van der Waals surface area contributed by atoms with Crippen LogP contribution in [0, 0.1) is 11.8 Å². The van der Waals surface area contributed by atoms with Crippen LogP contribution in [-0.2, 0) is 23.9 Å². The Balaban J connectivity index is 1.46. The molecule has 0 aromatic rings. The molecular formula is C17H24N2O5. The van der Waals surface area contributed by atoms with E-state index in [0.29, 0.717) is 0 Å². The van der Waals surface area contributed by atoms with Gasteiger partial charge in [-0.1, -0.05) is 12.8 Å². The lowest BCUT2D eigenvalue weighted by Crippen LogP contribution is -2.38. The molecule has 7 nitrogen and oxygen atoms in total. The van der Waals surface area contributed by atoms with Crippen LogP contribution >= 0.6 is 0 Å². The van der Waals surface area contributed by atoms with Crippen LogP contribution in [-0.4, -0.2) is 47.3 Å². The van der Waals surface area contributed by atoms with E-state index < -0.39 is 12.1 Å². The van der Waals surface area contributed by atoms with E-state index in [-0.39, 0.29) is 48.6 Å². The molecule has 2 saturated carbocycles. The van der Waals surface area contributed by atoms with Crippen LogP contribution in [0.25, 0.3) is 0 Å². The second-order valence-corrected chi connectivity index (χ2v) is 6.99. The van der Waals surface area contributed by atoms with Crippen molar-refractivity contribution < 1.29 is 23.9 Å². The molecule has 3 aliphatic rings. The summed E-state index contributed by atoms with van der Waals surface area (Å²) in [6.07, 6.45) is 4.47. The van der Waals surface area contributed by atoms with Crippen LogP contribution < -0.4 is 5.32 Å². The zero-order valence-corrected chi connectivity index (χ0v) is 14.0. The topological polar surface area (TPSA) is 92.8 Å². The number of esters is 1. The highest BCUT2D eigenvalue weighted by molar-refractivity contribution is 6.05. The minimum Gasteiger partial charge on any atom is -0.452 e. The second kappa shape index (κ2) is 6.91. The van der Waals surface area contributed by atoms with E-state index in [1.807, 2.05) is 0 Å². The highest BCUT2D eigenvalue weighted by Gasteiger charge is 2.47. The van der Waals surface area contributed by atoms with Gasteiger partial charge in [0.2, 0.25) is 11.8 Å². The number of nitrogens with one attached hydrogen (secondary N) is 1. The van der Waals surface area contributed by atoms with Crippen molar-refractivity contribution >= 4 is 23.7 Å². The molecule has 0 aromatic heterocycles. The van der Waals surface area contributed by atoms with Crippen molar-refractivity contribution in [2.24, 2.45) is 11.8 Å². The molecule has 1 heterocycles. The summed E-state index contributed by atoms with van der Waals surface area (Å²) in [5, 5.41) is 2.77. The number of amides is 3. The third-order valence-electron chi connectivity index (χ3n) is 5.07. The van der Waals surface area contributed by atoms with Gasteiger partial charge < -0.3 is 10.1 Å². The molecule has 3 amide bonds. The van der Waals surface area contributed by atoms with Gasteiger partial charge in [-0.3, -0.25) is 24.1 Å². The van der Waals surface area contributed by atoms with Crippen LogP contribution in [0.15, 0.2) is 0 Å². The fourth-order valence-corrected chi connectivity index (χ4v) is 3.51. The second-order valence-electron chi connectivity index (χ2n) is 6.99. The lowest BCUT2D eigenvalue weighted by atomic mass is 9.81. The predicted octanol–water partition coefficient (Wildman–Crippen LogP) is 0.762. The van der Waals surface area contributed by atoms with Crippen LogP contribution in [0.2, 0.25) is 0 Å². The monoisotopic (exact) mass is 336 g/mol. The van der Waals surface area contributed by atoms with Crippen molar-refractivity contribution in [2.45, 2.75) is 64.0 Å². The van der Waals surface area contributed by atoms with Crippen molar-refractivity contribution in [3.05, 3.63) is 0 Å². The molecule has 0 unspecified atom stereocenters. The van der Waals surface area contributed by atoms with Gasteiger partial charge >= 0.3 is 5.97 Å². The number of carbonyl (C=O) groups excluding carboxylic acids is 4. The van der Waals surface area contributed by atoms with Gasteiger partial charge in [0.25, 0.3) is 5.91 Å². The van der Waals surface area contributed by atoms with Gasteiger partial charge in [-0.2, -0.15) is 0 Å². The zero-order valence-electron chi connectivity index (χ0n) is 14.0. The maximum atomic E-state index is 12.3. The molecule has 0 spiro atoms. The Bertz CT molecular complexity index is 533. The lowest BCUT2D eigenvalue weighted by Gasteiger charge is -2.19. The van der Waals surface area contributed by atoms with Crippen LogP contribution in [0.5, 0.6) is 0 Å². The van der Waals surface area contributed by atoms with Gasteiger partial charge in [0, 0.05) is 12.6 Å². The molecule has 3 fully saturated rings. The number of rotatable bonds is 6. The first-order valence-corrected chi connectivity index (χ1v) is 8.82.